The molecule has 208 valence electrons. The van der Waals surface area contributed by atoms with Crippen LogP contribution in [-0.2, 0) is 17.8 Å². The zero-order chi connectivity index (χ0) is 28.5. The molecule has 0 bridgehead atoms. The van der Waals surface area contributed by atoms with Crippen LogP contribution in [0.25, 0.3) is 10.9 Å². The van der Waals surface area contributed by atoms with Crippen molar-refractivity contribution in [2.75, 3.05) is 13.2 Å². The average Bonchev–Trinajstić information content (AvgIpc) is 3.35. The van der Waals surface area contributed by atoms with Crippen LogP contribution in [0.2, 0.25) is 0 Å². The fraction of sp³-hybridized carbons (Fsp3) is 0.281. The van der Waals surface area contributed by atoms with Crippen molar-refractivity contribution in [3.63, 3.8) is 0 Å². The number of aromatic nitrogens is 1. The van der Waals surface area contributed by atoms with E-state index >= 15 is 0 Å². The summed E-state index contributed by atoms with van der Waals surface area (Å²) >= 11 is 0. The van der Waals surface area contributed by atoms with Crippen molar-refractivity contribution in [1.29, 1.82) is 0 Å². The number of carbonyl (C=O) groups excluding carboxylic acids is 1. The molecule has 0 saturated heterocycles. The van der Waals surface area contributed by atoms with Crippen LogP contribution in [0, 0.1) is 17.8 Å². The van der Waals surface area contributed by atoms with Crippen molar-refractivity contribution in [1.82, 2.24) is 15.4 Å². The molecule has 8 nitrogen and oxygen atoms in total. The Bertz CT molecular complexity index is 1470. The maximum atomic E-state index is 13.3. The first-order chi connectivity index (χ1) is 19.3. The van der Waals surface area contributed by atoms with E-state index in [1.54, 1.807) is 31.2 Å². The van der Waals surface area contributed by atoms with Crippen molar-refractivity contribution in [3.8, 4) is 17.6 Å². The molecule has 0 aliphatic carbocycles. The van der Waals surface area contributed by atoms with Crippen molar-refractivity contribution >= 4 is 16.8 Å². The quantitative estimate of drug-likeness (QED) is 0.127. The van der Waals surface area contributed by atoms with Crippen LogP contribution in [0.4, 0.5) is 0 Å². The highest BCUT2D eigenvalue weighted by molar-refractivity contribution is 5.84. The van der Waals surface area contributed by atoms with Crippen LogP contribution < -0.4 is 5.32 Å². The second-order valence-corrected chi connectivity index (χ2v) is 9.97. The molecule has 0 aliphatic rings. The Kier molecular flexibility index (Phi) is 9.95. The van der Waals surface area contributed by atoms with E-state index < -0.39 is 24.0 Å². The Labute approximate surface area is 233 Å². The van der Waals surface area contributed by atoms with E-state index in [2.05, 4.69) is 22.1 Å². The maximum Gasteiger partial charge on any atom is 0.240 e. The summed E-state index contributed by atoms with van der Waals surface area (Å²) in [5.74, 6) is 5.09. The summed E-state index contributed by atoms with van der Waals surface area (Å²) in [6.45, 7) is 1.61. The van der Waals surface area contributed by atoms with E-state index in [0.29, 0.717) is 18.5 Å². The highest BCUT2D eigenvalue weighted by Crippen LogP contribution is 2.20. The van der Waals surface area contributed by atoms with Gasteiger partial charge in [0.2, 0.25) is 5.91 Å². The number of H-pyrrole nitrogens is 1. The van der Waals surface area contributed by atoms with E-state index in [4.69, 9.17) is 0 Å². The molecule has 0 saturated carbocycles. The number of para-hydroxylation sites is 1. The zero-order valence-corrected chi connectivity index (χ0v) is 22.4. The number of hydrogen-bond acceptors (Lipinski definition) is 6. The fourth-order valence-electron chi connectivity index (χ4n) is 4.80. The molecule has 0 aliphatic heterocycles. The molecule has 1 aromatic heterocycles. The van der Waals surface area contributed by atoms with Crippen LogP contribution in [-0.4, -0.2) is 61.8 Å². The third-order valence-electron chi connectivity index (χ3n) is 6.78. The van der Waals surface area contributed by atoms with E-state index in [-0.39, 0.29) is 25.3 Å². The second-order valence-electron chi connectivity index (χ2n) is 9.97. The van der Waals surface area contributed by atoms with Gasteiger partial charge in [-0.3, -0.25) is 4.79 Å². The summed E-state index contributed by atoms with van der Waals surface area (Å²) in [6.07, 6.45) is 1.92. The number of aliphatic hydroxyl groups excluding tert-OH is 2. The number of aromatic amines is 1. The van der Waals surface area contributed by atoms with Gasteiger partial charge in [0.15, 0.2) is 0 Å². The van der Waals surface area contributed by atoms with Gasteiger partial charge in [-0.05, 0) is 67.3 Å². The number of fused-ring (bicyclic) bond motifs is 1. The monoisotopic (exact) mass is 541 g/mol. The number of phenols is 1. The van der Waals surface area contributed by atoms with Gasteiger partial charge in [-0.2, -0.15) is 5.06 Å². The Hall–Kier alpha value is -4.13. The number of rotatable bonds is 11. The molecule has 4 rings (SSSR count). The fourth-order valence-corrected chi connectivity index (χ4v) is 4.80. The summed E-state index contributed by atoms with van der Waals surface area (Å²) in [7, 11) is 0. The SMILES string of the molecule is CC(O)C[C@@H](CO)[C@@H](C(=O)NCCc1c[nH]c2ccccc12)N(O)Cc1ccc(C#Cc2cccc(O)c2)cc1. The Balaban J connectivity index is 1.42. The lowest BCUT2D eigenvalue weighted by Gasteiger charge is -2.32. The molecule has 8 heteroatoms. The number of aliphatic hydroxyl groups is 2. The molecule has 1 heterocycles. The van der Waals surface area contributed by atoms with Crippen molar-refractivity contribution in [2.45, 2.75) is 38.5 Å². The first-order valence-corrected chi connectivity index (χ1v) is 13.3. The van der Waals surface area contributed by atoms with E-state index in [1.165, 1.54) is 0 Å². The number of amides is 1. The molecule has 0 radical (unpaired) electrons. The number of aromatic hydroxyl groups is 1. The lowest BCUT2D eigenvalue weighted by molar-refractivity contribution is -0.172. The van der Waals surface area contributed by atoms with Gasteiger partial charge in [0, 0.05) is 53.8 Å². The third-order valence-corrected chi connectivity index (χ3v) is 6.78. The van der Waals surface area contributed by atoms with E-state index in [9.17, 15) is 25.3 Å². The molecule has 3 atom stereocenters. The summed E-state index contributed by atoms with van der Waals surface area (Å²) in [5.41, 5.74) is 4.29. The number of hydrogen-bond donors (Lipinski definition) is 6. The van der Waals surface area contributed by atoms with E-state index in [1.807, 2.05) is 54.7 Å². The second kappa shape index (κ2) is 13.8. The third kappa shape index (κ3) is 7.72. The highest BCUT2D eigenvalue weighted by Gasteiger charge is 2.34. The summed E-state index contributed by atoms with van der Waals surface area (Å²) in [4.78, 5) is 16.5. The predicted octanol–water partition coefficient (Wildman–Crippen LogP) is 3.57. The van der Waals surface area contributed by atoms with Gasteiger partial charge in [-0.15, -0.1) is 0 Å². The minimum atomic E-state index is -1.06. The van der Waals surface area contributed by atoms with Gasteiger partial charge in [-0.1, -0.05) is 48.2 Å². The number of phenolic OH excluding ortho intramolecular Hbond substituents is 1. The summed E-state index contributed by atoms with van der Waals surface area (Å²) in [6, 6.07) is 20.8. The molecule has 0 spiro atoms. The number of carbonyl (C=O) groups is 1. The van der Waals surface area contributed by atoms with Gasteiger partial charge < -0.3 is 30.8 Å². The van der Waals surface area contributed by atoms with Gasteiger partial charge in [0.1, 0.15) is 11.8 Å². The van der Waals surface area contributed by atoms with Crippen LogP contribution in [0.15, 0.2) is 79.0 Å². The molecule has 0 fully saturated rings. The van der Waals surface area contributed by atoms with Crippen LogP contribution >= 0.6 is 0 Å². The lowest BCUT2D eigenvalue weighted by atomic mass is 9.93. The zero-order valence-electron chi connectivity index (χ0n) is 22.4. The number of hydroxylamine groups is 2. The smallest absolute Gasteiger partial charge is 0.240 e. The number of nitrogens with zero attached hydrogens (tertiary/aromatic N) is 1. The predicted molar refractivity (Wildman–Crippen MR) is 154 cm³/mol. The molecular weight excluding hydrogens is 506 g/mol. The van der Waals surface area contributed by atoms with Crippen LogP contribution in [0.5, 0.6) is 5.75 Å². The van der Waals surface area contributed by atoms with Gasteiger partial charge in [0.05, 0.1) is 6.10 Å². The largest absolute Gasteiger partial charge is 0.508 e. The standard InChI is InChI=1S/C32H35N3O5/c1-22(37)17-27(21-36)31(32(39)33-16-15-26-19-34-30-8-3-2-7-29(26)30)35(40)20-25-13-10-23(11-14-25)9-12-24-5-4-6-28(38)18-24/h2-8,10-11,13-14,18-19,22,27,31,34,36-38,40H,15-17,20-21H2,1H3,(H,33,39)/t22?,27-,31-/m0/s1. The summed E-state index contributed by atoms with van der Waals surface area (Å²) in [5, 5.41) is 45.6. The molecule has 40 heavy (non-hydrogen) atoms. The van der Waals surface area contributed by atoms with Gasteiger partial charge >= 0.3 is 0 Å². The number of nitrogens with one attached hydrogen (secondary N) is 2. The maximum absolute atomic E-state index is 13.3. The Morgan fingerprint density at radius 1 is 1.02 bits per heavy atom. The molecule has 1 amide bonds. The molecule has 1 unspecified atom stereocenters. The Morgan fingerprint density at radius 2 is 1.77 bits per heavy atom. The van der Waals surface area contributed by atoms with Crippen LogP contribution in [0.1, 0.15) is 35.6 Å². The van der Waals surface area contributed by atoms with E-state index in [0.717, 1.165) is 32.7 Å². The average molecular weight is 542 g/mol. The number of benzene rings is 3. The van der Waals surface area contributed by atoms with Crippen molar-refractivity contribution in [3.05, 3.63) is 101 Å². The minimum Gasteiger partial charge on any atom is -0.508 e. The van der Waals surface area contributed by atoms with Gasteiger partial charge in [0.25, 0.3) is 0 Å². The van der Waals surface area contributed by atoms with Crippen molar-refractivity contribution < 1.29 is 25.3 Å². The molecular formula is C32H35N3O5. The molecule has 6 N–H and O–H groups in total. The highest BCUT2D eigenvalue weighted by atomic mass is 16.5. The van der Waals surface area contributed by atoms with Crippen LogP contribution in [0.3, 0.4) is 0 Å². The Morgan fingerprint density at radius 3 is 2.50 bits per heavy atom. The molecule has 4 aromatic rings. The summed E-state index contributed by atoms with van der Waals surface area (Å²) < 4.78 is 0. The minimum absolute atomic E-state index is 0.0388. The van der Waals surface area contributed by atoms with Gasteiger partial charge in [-0.25, -0.2) is 0 Å². The first kappa shape index (κ1) is 28.9. The lowest BCUT2D eigenvalue weighted by Crippen LogP contribution is -2.51. The first-order valence-electron chi connectivity index (χ1n) is 13.3. The van der Waals surface area contributed by atoms with Crippen molar-refractivity contribution in [2.24, 2.45) is 5.92 Å². The topological polar surface area (TPSA) is 129 Å². The molecule has 3 aromatic carbocycles. The normalized spacial score (nSPS) is 13.4.